The Balaban J connectivity index is 3.21. The number of benzene rings is 1. The fourth-order valence-corrected chi connectivity index (χ4v) is 1.65. The van der Waals surface area contributed by atoms with Crippen molar-refractivity contribution in [1.29, 1.82) is 5.41 Å². The predicted molar refractivity (Wildman–Crippen MR) is 67.7 cm³/mol. The van der Waals surface area contributed by atoms with Gasteiger partial charge in [-0.1, -0.05) is 37.6 Å². The van der Waals surface area contributed by atoms with E-state index >= 15 is 0 Å². The number of aryl methyl sites for hydroxylation is 2. The number of hydrogen-bond donors (Lipinski definition) is 1. The molecule has 1 N–H and O–H groups in total. The molecule has 0 radical (unpaired) electrons. The van der Waals surface area contributed by atoms with Crippen molar-refractivity contribution < 1.29 is 0 Å². The zero-order chi connectivity index (χ0) is 11.4. The Kier molecular flexibility index (Phi) is 3.84. The Morgan fingerprint density at radius 2 is 1.87 bits per heavy atom. The van der Waals surface area contributed by atoms with E-state index in [0.717, 1.165) is 5.56 Å². The highest BCUT2D eigenvalue weighted by atomic mass is 14.3. The molecule has 0 saturated carbocycles. The molecule has 0 heterocycles. The van der Waals surface area contributed by atoms with E-state index < -0.39 is 0 Å². The molecule has 1 rings (SSSR count). The topological polar surface area (TPSA) is 23.9 Å². The summed E-state index contributed by atoms with van der Waals surface area (Å²) >= 11 is 0. The normalized spacial score (nSPS) is 11.3. The summed E-state index contributed by atoms with van der Waals surface area (Å²) in [4.78, 5) is 0. The van der Waals surface area contributed by atoms with E-state index in [2.05, 4.69) is 52.0 Å². The van der Waals surface area contributed by atoms with Crippen LogP contribution in [0.4, 0.5) is 0 Å². The third-order valence-electron chi connectivity index (χ3n) is 2.37. The monoisotopic (exact) mass is 201 g/mol. The van der Waals surface area contributed by atoms with E-state index in [-0.39, 0.29) is 0 Å². The van der Waals surface area contributed by atoms with Gasteiger partial charge in [0.25, 0.3) is 0 Å². The Morgan fingerprint density at radius 3 is 2.40 bits per heavy atom. The first-order valence-corrected chi connectivity index (χ1v) is 5.34. The number of hydrogen-bond acceptors (Lipinski definition) is 1. The van der Waals surface area contributed by atoms with Gasteiger partial charge >= 0.3 is 0 Å². The molecule has 0 aliphatic rings. The third-order valence-corrected chi connectivity index (χ3v) is 2.37. The number of nitrogens with one attached hydrogen (secondary N) is 1. The lowest BCUT2D eigenvalue weighted by atomic mass is 9.98. The van der Waals surface area contributed by atoms with Gasteiger partial charge in [0.05, 0.1) is 0 Å². The SMILES string of the molecule is Cc1cc(C)c(/C=C\C(C)C)c(C=N)c1. The van der Waals surface area contributed by atoms with Crippen LogP contribution in [0, 0.1) is 25.2 Å². The second-order valence-electron chi connectivity index (χ2n) is 4.33. The molecule has 0 amide bonds. The van der Waals surface area contributed by atoms with E-state index in [0.29, 0.717) is 5.92 Å². The quantitative estimate of drug-likeness (QED) is 0.715. The van der Waals surface area contributed by atoms with Crippen LogP contribution in [0.15, 0.2) is 18.2 Å². The smallest absolute Gasteiger partial charge is 0.0256 e. The molecular weight excluding hydrogens is 182 g/mol. The summed E-state index contributed by atoms with van der Waals surface area (Å²) in [6.07, 6.45) is 5.73. The summed E-state index contributed by atoms with van der Waals surface area (Å²) in [5.74, 6) is 0.546. The summed E-state index contributed by atoms with van der Waals surface area (Å²) in [6.45, 7) is 8.48. The highest BCUT2D eigenvalue weighted by molar-refractivity contribution is 5.84. The molecule has 0 unspecified atom stereocenters. The zero-order valence-electron chi connectivity index (χ0n) is 9.96. The van der Waals surface area contributed by atoms with E-state index in [1.54, 1.807) is 0 Å². The van der Waals surface area contributed by atoms with Crippen molar-refractivity contribution in [3.05, 3.63) is 40.5 Å². The second kappa shape index (κ2) is 4.92. The zero-order valence-corrected chi connectivity index (χ0v) is 9.96. The second-order valence-corrected chi connectivity index (χ2v) is 4.33. The molecule has 0 aliphatic carbocycles. The minimum atomic E-state index is 0.546. The maximum Gasteiger partial charge on any atom is 0.0256 e. The van der Waals surface area contributed by atoms with Crippen LogP contribution in [0.5, 0.6) is 0 Å². The Labute approximate surface area is 92.3 Å². The molecule has 1 nitrogen and oxygen atoms in total. The summed E-state index contributed by atoms with van der Waals surface area (Å²) in [7, 11) is 0. The first-order valence-electron chi connectivity index (χ1n) is 5.34. The maximum absolute atomic E-state index is 7.40. The molecule has 0 saturated heterocycles. The molecule has 80 valence electrons. The van der Waals surface area contributed by atoms with Crippen LogP contribution in [-0.4, -0.2) is 6.21 Å². The molecule has 1 aromatic carbocycles. The molecule has 0 aliphatic heterocycles. The van der Waals surface area contributed by atoms with Crippen LogP contribution in [0.2, 0.25) is 0 Å². The van der Waals surface area contributed by atoms with Gasteiger partial charge in [-0.25, -0.2) is 0 Å². The van der Waals surface area contributed by atoms with Crippen molar-refractivity contribution in [2.45, 2.75) is 27.7 Å². The Morgan fingerprint density at radius 1 is 1.20 bits per heavy atom. The third kappa shape index (κ3) is 3.05. The number of rotatable bonds is 3. The van der Waals surface area contributed by atoms with E-state index in [4.69, 9.17) is 5.41 Å². The van der Waals surface area contributed by atoms with Crippen molar-refractivity contribution in [2.75, 3.05) is 0 Å². The standard InChI is InChI=1S/C14H19N/c1-10(2)5-6-14-12(4)7-11(3)8-13(14)9-15/h5-10,15H,1-4H3/b6-5-,15-9?. The van der Waals surface area contributed by atoms with Gasteiger partial charge in [-0.3, -0.25) is 0 Å². The molecule has 15 heavy (non-hydrogen) atoms. The van der Waals surface area contributed by atoms with Crippen molar-refractivity contribution >= 4 is 12.3 Å². The van der Waals surface area contributed by atoms with Crippen LogP contribution in [0.25, 0.3) is 6.08 Å². The lowest BCUT2D eigenvalue weighted by Crippen LogP contribution is -1.92. The predicted octanol–water partition coefficient (Wildman–Crippen LogP) is 3.97. The molecular formula is C14H19N. The average molecular weight is 201 g/mol. The van der Waals surface area contributed by atoms with Gasteiger partial charge in [0.1, 0.15) is 0 Å². The largest absolute Gasteiger partial charge is 0.308 e. The summed E-state index contributed by atoms with van der Waals surface area (Å²) in [6, 6.07) is 4.22. The molecule has 1 heteroatoms. The van der Waals surface area contributed by atoms with Crippen molar-refractivity contribution in [2.24, 2.45) is 5.92 Å². The van der Waals surface area contributed by atoms with Gasteiger partial charge < -0.3 is 5.41 Å². The van der Waals surface area contributed by atoms with Gasteiger partial charge in [-0.15, -0.1) is 0 Å². The van der Waals surface area contributed by atoms with Crippen molar-refractivity contribution in [3.8, 4) is 0 Å². The van der Waals surface area contributed by atoms with Crippen LogP contribution in [-0.2, 0) is 0 Å². The number of allylic oxidation sites excluding steroid dienone is 1. The Bertz CT molecular complexity index is 387. The van der Waals surface area contributed by atoms with Gasteiger partial charge in [0, 0.05) is 6.21 Å². The summed E-state index contributed by atoms with van der Waals surface area (Å²) < 4.78 is 0. The maximum atomic E-state index is 7.40. The van der Waals surface area contributed by atoms with Gasteiger partial charge in [0.15, 0.2) is 0 Å². The highest BCUT2D eigenvalue weighted by Gasteiger charge is 2.02. The van der Waals surface area contributed by atoms with Crippen LogP contribution in [0.1, 0.15) is 36.1 Å². The van der Waals surface area contributed by atoms with Crippen LogP contribution < -0.4 is 0 Å². The Hall–Kier alpha value is -1.37. The van der Waals surface area contributed by atoms with E-state index in [9.17, 15) is 0 Å². The molecule has 0 atom stereocenters. The van der Waals surface area contributed by atoms with Crippen LogP contribution in [0.3, 0.4) is 0 Å². The molecule has 0 aromatic heterocycles. The average Bonchev–Trinajstić information content (AvgIpc) is 2.14. The van der Waals surface area contributed by atoms with Crippen molar-refractivity contribution in [1.82, 2.24) is 0 Å². The van der Waals surface area contributed by atoms with E-state index in [1.165, 1.54) is 22.9 Å². The molecule has 0 fully saturated rings. The fourth-order valence-electron chi connectivity index (χ4n) is 1.65. The first kappa shape index (κ1) is 11.7. The lowest BCUT2D eigenvalue weighted by Gasteiger charge is -2.07. The summed E-state index contributed by atoms with van der Waals surface area (Å²) in [5, 5.41) is 7.40. The first-order chi connectivity index (χ1) is 7.04. The van der Waals surface area contributed by atoms with Gasteiger partial charge in [-0.2, -0.15) is 0 Å². The minimum Gasteiger partial charge on any atom is -0.308 e. The summed E-state index contributed by atoms with van der Waals surface area (Å²) in [5.41, 5.74) is 4.63. The fraction of sp³-hybridized carbons (Fsp3) is 0.357. The van der Waals surface area contributed by atoms with Crippen molar-refractivity contribution in [3.63, 3.8) is 0 Å². The lowest BCUT2D eigenvalue weighted by molar-refractivity contribution is 0.836. The molecule has 0 bridgehead atoms. The van der Waals surface area contributed by atoms with Crippen LogP contribution >= 0.6 is 0 Å². The minimum absolute atomic E-state index is 0.546. The van der Waals surface area contributed by atoms with E-state index in [1.807, 2.05) is 0 Å². The highest BCUT2D eigenvalue weighted by Crippen LogP contribution is 2.18. The van der Waals surface area contributed by atoms with Gasteiger partial charge in [0.2, 0.25) is 0 Å². The molecule has 1 aromatic rings. The van der Waals surface area contributed by atoms with Gasteiger partial charge in [-0.05, 0) is 42.5 Å². The molecule has 0 spiro atoms.